The SMILES string of the molecule is COc1ccc(/C=C2/NC(=S)N(c3ccccc3OC)C2=O)cc1COc1c(Cl)cc(Cl)cc1Cl. The van der Waals surface area contributed by atoms with Crippen LogP contribution in [-0.4, -0.2) is 25.2 Å². The van der Waals surface area contributed by atoms with Gasteiger partial charge >= 0.3 is 0 Å². The van der Waals surface area contributed by atoms with Gasteiger partial charge in [-0.25, -0.2) is 4.90 Å². The van der Waals surface area contributed by atoms with Crippen LogP contribution in [0.3, 0.4) is 0 Å². The van der Waals surface area contributed by atoms with Gasteiger partial charge in [-0.15, -0.1) is 0 Å². The number of carbonyl (C=O) groups is 1. The molecule has 0 saturated carbocycles. The van der Waals surface area contributed by atoms with E-state index in [-0.39, 0.29) is 17.6 Å². The van der Waals surface area contributed by atoms with Gasteiger partial charge < -0.3 is 19.5 Å². The zero-order valence-electron chi connectivity index (χ0n) is 18.6. The molecule has 0 radical (unpaired) electrons. The Labute approximate surface area is 222 Å². The van der Waals surface area contributed by atoms with Gasteiger partial charge in [-0.1, -0.05) is 53.0 Å². The van der Waals surface area contributed by atoms with Crippen molar-refractivity contribution < 1.29 is 19.0 Å². The lowest BCUT2D eigenvalue weighted by Crippen LogP contribution is -2.30. The van der Waals surface area contributed by atoms with Crippen molar-refractivity contribution in [2.75, 3.05) is 19.1 Å². The average Bonchev–Trinajstić information content (AvgIpc) is 3.10. The quantitative estimate of drug-likeness (QED) is 0.268. The third kappa shape index (κ3) is 5.33. The number of para-hydroxylation sites is 2. The van der Waals surface area contributed by atoms with E-state index in [2.05, 4.69) is 5.32 Å². The summed E-state index contributed by atoms with van der Waals surface area (Å²) in [4.78, 5) is 14.6. The highest BCUT2D eigenvalue weighted by atomic mass is 35.5. The topological polar surface area (TPSA) is 60.0 Å². The van der Waals surface area contributed by atoms with E-state index in [1.165, 1.54) is 12.0 Å². The Bertz CT molecular complexity index is 1320. The fourth-order valence-corrected chi connectivity index (χ4v) is 4.77. The number of hydrogen-bond acceptors (Lipinski definition) is 5. The summed E-state index contributed by atoms with van der Waals surface area (Å²) in [6.07, 6.45) is 1.70. The highest BCUT2D eigenvalue weighted by Crippen LogP contribution is 2.37. The van der Waals surface area contributed by atoms with Crippen molar-refractivity contribution in [3.63, 3.8) is 0 Å². The van der Waals surface area contributed by atoms with Gasteiger partial charge in [0.15, 0.2) is 10.9 Å². The second-order valence-electron chi connectivity index (χ2n) is 7.36. The molecule has 3 aromatic rings. The Hall–Kier alpha value is -2.97. The number of amides is 1. The van der Waals surface area contributed by atoms with Crippen LogP contribution < -0.4 is 24.4 Å². The summed E-state index contributed by atoms with van der Waals surface area (Å²) < 4.78 is 16.7. The Kier molecular flexibility index (Phi) is 7.72. The molecule has 3 aromatic carbocycles. The minimum atomic E-state index is -0.298. The molecule has 1 N–H and O–H groups in total. The standard InChI is InChI=1S/C25H19Cl3N2O4S/c1-32-21-8-7-14(9-15(21)13-34-23-17(27)11-16(26)12-18(23)28)10-19-24(31)30(25(35)29-19)20-5-3-4-6-22(20)33-2/h3-12H,13H2,1-2H3,(H,29,35)/b19-10+. The molecular formula is C25H19Cl3N2O4S. The maximum Gasteiger partial charge on any atom is 0.281 e. The number of ether oxygens (including phenoxy) is 3. The number of methoxy groups -OCH3 is 2. The third-order valence-electron chi connectivity index (χ3n) is 5.15. The van der Waals surface area contributed by atoms with Crippen LogP contribution >= 0.6 is 47.0 Å². The molecule has 0 aliphatic carbocycles. The van der Waals surface area contributed by atoms with Crippen LogP contribution in [-0.2, 0) is 11.4 Å². The largest absolute Gasteiger partial charge is 0.496 e. The minimum absolute atomic E-state index is 0.119. The summed E-state index contributed by atoms with van der Waals surface area (Å²) in [6, 6.07) is 15.7. The molecule has 1 heterocycles. The number of halogens is 3. The van der Waals surface area contributed by atoms with Crippen LogP contribution in [0.4, 0.5) is 5.69 Å². The first-order valence-corrected chi connectivity index (χ1v) is 11.8. The van der Waals surface area contributed by atoms with Crippen molar-refractivity contribution in [3.05, 3.63) is 86.5 Å². The van der Waals surface area contributed by atoms with E-state index in [9.17, 15) is 4.79 Å². The predicted molar refractivity (Wildman–Crippen MR) is 143 cm³/mol. The molecule has 0 bridgehead atoms. The molecule has 0 spiro atoms. The van der Waals surface area contributed by atoms with Crippen molar-refractivity contribution in [1.29, 1.82) is 0 Å². The number of hydrogen-bond donors (Lipinski definition) is 1. The van der Waals surface area contributed by atoms with E-state index in [1.54, 1.807) is 43.5 Å². The molecule has 1 aliphatic heterocycles. The van der Waals surface area contributed by atoms with E-state index in [1.807, 2.05) is 24.3 Å². The van der Waals surface area contributed by atoms with Crippen molar-refractivity contribution in [3.8, 4) is 17.2 Å². The number of rotatable bonds is 7. The lowest BCUT2D eigenvalue weighted by molar-refractivity contribution is -0.113. The van der Waals surface area contributed by atoms with Gasteiger partial charge in [-0.05, 0) is 60.3 Å². The first-order valence-electron chi connectivity index (χ1n) is 10.3. The Balaban J connectivity index is 1.60. The molecular weight excluding hydrogens is 531 g/mol. The first-order chi connectivity index (χ1) is 16.8. The summed E-state index contributed by atoms with van der Waals surface area (Å²) in [5.74, 6) is 1.15. The van der Waals surface area contributed by atoms with Gasteiger partial charge in [-0.2, -0.15) is 0 Å². The summed E-state index contributed by atoms with van der Waals surface area (Å²) in [7, 11) is 3.10. The van der Waals surface area contributed by atoms with Gasteiger partial charge in [0, 0.05) is 10.6 Å². The maximum absolute atomic E-state index is 13.2. The molecule has 0 aromatic heterocycles. The van der Waals surface area contributed by atoms with E-state index < -0.39 is 0 Å². The van der Waals surface area contributed by atoms with Crippen LogP contribution in [0, 0.1) is 0 Å². The molecule has 10 heteroatoms. The normalized spacial score (nSPS) is 14.3. The number of carbonyl (C=O) groups excluding carboxylic acids is 1. The number of anilines is 1. The molecule has 1 aliphatic rings. The molecule has 0 unspecified atom stereocenters. The highest BCUT2D eigenvalue weighted by Gasteiger charge is 2.33. The Morgan fingerprint density at radius 3 is 2.34 bits per heavy atom. The van der Waals surface area contributed by atoms with Crippen molar-refractivity contribution in [2.45, 2.75) is 6.61 Å². The van der Waals surface area contributed by atoms with E-state index in [0.29, 0.717) is 43.7 Å². The Morgan fingerprint density at radius 1 is 0.971 bits per heavy atom. The average molecular weight is 550 g/mol. The second-order valence-corrected chi connectivity index (χ2v) is 9.00. The molecule has 0 atom stereocenters. The number of benzene rings is 3. The fourth-order valence-electron chi connectivity index (χ4n) is 3.55. The lowest BCUT2D eigenvalue weighted by Gasteiger charge is -2.17. The Morgan fingerprint density at radius 2 is 1.66 bits per heavy atom. The van der Waals surface area contributed by atoms with Gasteiger partial charge in [0.2, 0.25) is 0 Å². The fraction of sp³-hybridized carbons (Fsp3) is 0.120. The number of nitrogens with zero attached hydrogens (tertiary/aromatic N) is 1. The zero-order valence-corrected chi connectivity index (χ0v) is 21.7. The predicted octanol–water partition coefficient (Wildman–Crippen LogP) is 6.51. The highest BCUT2D eigenvalue weighted by molar-refractivity contribution is 7.80. The maximum atomic E-state index is 13.2. The molecule has 180 valence electrons. The van der Waals surface area contributed by atoms with E-state index >= 15 is 0 Å². The summed E-state index contributed by atoms with van der Waals surface area (Å²) in [5, 5.41) is 4.24. The molecule has 1 fully saturated rings. The molecule has 6 nitrogen and oxygen atoms in total. The molecule has 1 amide bonds. The third-order valence-corrected chi connectivity index (χ3v) is 6.22. The minimum Gasteiger partial charge on any atom is -0.496 e. The monoisotopic (exact) mass is 548 g/mol. The van der Waals surface area contributed by atoms with Crippen LogP contribution in [0.1, 0.15) is 11.1 Å². The van der Waals surface area contributed by atoms with Gasteiger partial charge in [0.25, 0.3) is 5.91 Å². The van der Waals surface area contributed by atoms with Crippen LogP contribution in [0.5, 0.6) is 17.2 Å². The van der Waals surface area contributed by atoms with E-state index in [0.717, 1.165) is 11.1 Å². The van der Waals surface area contributed by atoms with Gasteiger partial charge in [-0.3, -0.25) is 4.79 Å². The van der Waals surface area contributed by atoms with E-state index in [4.69, 9.17) is 61.2 Å². The molecule has 1 saturated heterocycles. The molecule has 4 rings (SSSR count). The first kappa shape index (κ1) is 25.1. The summed E-state index contributed by atoms with van der Waals surface area (Å²) in [6.45, 7) is 0.119. The zero-order chi connectivity index (χ0) is 25.1. The lowest BCUT2D eigenvalue weighted by atomic mass is 10.1. The summed E-state index contributed by atoms with van der Waals surface area (Å²) >= 11 is 23.8. The van der Waals surface area contributed by atoms with Crippen molar-refractivity contribution >= 4 is 69.8 Å². The van der Waals surface area contributed by atoms with Crippen LogP contribution in [0.25, 0.3) is 6.08 Å². The van der Waals surface area contributed by atoms with Crippen LogP contribution in [0.15, 0.2) is 60.3 Å². The van der Waals surface area contributed by atoms with Crippen LogP contribution in [0.2, 0.25) is 15.1 Å². The number of thiocarbonyl (C=S) groups is 1. The smallest absolute Gasteiger partial charge is 0.281 e. The van der Waals surface area contributed by atoms with Gasteiger partial charge in [0.1, 0.15) is 23.8 Å². The van der Waals surface area contributed by atoms with Crippen molar-refractivity contribution in [1.82, 2.24) is 5.32 Å². The van der Waals surface area contributed by atoms with Gasteiger partial charge in [0.05, 0.1) is 30.0 Å². The molecule has 35 heavy (non-hydrogen) atoms. The number of nitrogens with one attached hydrogen (secondary N) is 1. The van der Waals surface area contributed by atoms with Crippen molar-refractivity contribution in [2.24, 2.45) is 0 Å². The second kappa shape index (κ2) is 10.7. The summed E-state index contributed by atoms with van der Waals surface area (Å²) in [5.41, 5.74) is 2.33.